The molecule has 0 aromatic heterocycles. The molecule has 0 bridgehead atoms. The fourth-order valence-electron chi connectivity index (χ4n) is 5.30. The van der Waals surface area contributed by atoms with Gasteiger partial charge in [0.2, 0.25) is 0 Å². The van der Waals surface area contributed by atoms with Crippen LogP contribution in [0.5, 0.6) is 0 Å². The van der Waals surface area contributed by atoms with E-state index in [1.165, 1.54) is 16.7 Å². The van der Waals surface area contributed by atoms with Gasteiger partial charge in [0.05, 0.1) is 13.0 Å². The smallest absolute Gasteiger partial charge is 0.309 e. The third-order valence-corrected chi connectivity index (χ3v) is 6.58. The SMILES string of the molecule is CCOC(=O)C[C@]1(O)C[N+](Cc2ccccc2)(Cc2ccccc2)[C@H]1Cc1ccccc1. The molecule has 0 spiro atoms. The van der Waals surface area contributed by atoms with Crippen LogP contribution in [-0.2, 0) is 29.0 Å². The number of likely N-dealkylation sites (tertiary alicyclic amines) is 1. The Morgan fingerprint density at radius 1 is 0.875 bits per heavy atom. The lowest BCUT2D eigenvalue weighted by molar-refractivity contribution is -1.03. The number of rotatable bonds is 9. The predicted octanol–water partition coefficient (Wildman–Crippen LogP) is 4.51. The summed E-state index contributed by atoms with van der Waals surface area (Å²) in [4.78, 5) is 12.4. The van der Waals surface area contributed by atoms with E-state index in [1.807, 2.05) is 30.3 Å². The molecule has 2 atom stereocenters. The number of benzene rings is 3. The summed E-state index contributed by atoms with van der Waals surface area (Å²) in [5.74, 6) is -0.328. The molecule has 1 N–H and O–H groups in total. The third kappa shape index (κ3) is 4.93. The van der Waals surface area contributed by atoms with Gasteiger partial charge in [-0.05, 0) is 12.5 Å². The fourth-order valence-corrected chi connectivity index (χ4v) is 5.30. The van der Waals surface area contributed by atoms with Crippen LogP contribution in [0.25, 0.3) is 0 Å². The van der Waals surface area contributed by atoms with Crippen molar-refractivity contribution in [2.24, 2.45) is 0 Å². The first-order valence-corrected chi connectivity index (χ1v) is 11.4. The van der Waals surface area contributed by atoms with Crippen molar-refractivity contribution in [3.05, 3.63) is 108 Å². The van der Waals surface area contributed by atoms with Gasteiger partial charge in [0, 0.05) is 17.5 Å². The Kier molecular flexibility index (Phi) is 6.73. The lowest BCUT2D eigenvalue weighted by Gasteiger charge is -2.61. The maximum absolute atomic E-state index is 12.4. The van der Waals surface area contributed by atoms with Crippen molar-refractivity contribution in [1.29, 1.82) is 0 Å². The highest BCUT2D eigenvalue weighted by atomic mass is 16.5. The lowest BCUT2D eigenvalue weighted by atomic mass is 9.73. The zero-order valence-electron chi connectivity index (χ0n) is 18.7. The first kappa shape index (κ1) is 22.3. The second-order valence-electron chi connectivity index (χ2n) is 8.95. The summed E-state index contributed by atoms with van der Waals surface area (Å²) in [6, 6.07) is 31.0. The van der Waals surface area contributed by atoms with Gasteiger partial charge in [-0.25, -0.2) is 0 Å². The van der Waals surface area contributed by atoms with Crippen LogP contribution in [0.2, 0.25) is 0 Å². The minimum absolute atomic E-state index is 0.0297. The summed E-state index contributed by atoms with van der Waals surface area (Å²) in [6.07, 6.45) is 0.734. The molecule has 32 heavy (non-hydrogen) atoms. The molecule has 1 heterocycles. The molecule has 0 saturated carbocycles. The largest absolute Gasteiger partial charge is 0.466 e. The molecule has 4 nitrogen and oxygen atoms in total. The molecule has 4 rings (SSSR count). The number of nitrogens with zero attached hydrogens (tertiary/aromatic N) is 1. The number of carbonyl (C=O) groups is 1. The van der Waals surface area contributed by atoms with Gasteiger partial charge < -0.3 is 14.3 Å². The monoisotopic (exact) mass is 430 g/mol. The Morgan fingerprint density at radius 3 is 1.81 bits per heavy atom. The molecule has 1 aliphatic heterocycles. The second-order valence-corrected chi connectivity index (χ2v) is 8.95. The second kappa shape index (κ2) is 9.68. The summed E-state index contributed by atoms with van der Waals surface area (Å²) < 4.78 is 5.92. The van der Waals surface area contributed by atoms with Crippen molar-refractivity contribution in [2.75, 3.05) is 13.2 Å². The maximum atomic E-state index is 12.4. The number of quaternary nitrogens is 1. The Labute approximate surface area is 190 Å². The Hall–Kier alpha value is -2.95. The molecule has 3 aromatic rings. The van der Waals surface area contributed by atoms with Gasteiger partial charge in [-0.2, -0.15) is 0 Å². The summed E-state index contributed by atoms with van der Waals surface area (Å²) in [6.45, 7) is 4.26. The van der Waals surface area contributed by atoms with E-state index in [1.54, 1.807) is 6.92 Å². The van der Waals surface area contributed by atoms with E-state index < -0.39 is 5.60 Å². The van der Waals surface area contributed by atoms with Crippen LogP contribution in [0, 0.1) is 0 Å². The number of aliphatic hydroxyl groups is 1. The van der Waals surface area contributed by atoms with Crippen molar-refractivity contribution in [2.45, 2.75) is 44.5 Å². The van der Waals surface area contributed by atoms with Crippen LogP contribution in [0.1, 0.15) is 30.0 Å². The standard InChI is InChI=1S/C28H32NO3/c1-2-32-27(30)19-28(31)22-29(20-24-14-8-4-9-15-24,21-25-16-10-5-11-17-25)26(28)18-23-12-6-3-7-13-23/h3-17,26,31H,2,18-22H2,1H3/q+1/t26-,28-/m0/s1. The van der Waals surface area contributed by atoms with E-state index >= 15 is 0 Å². The van der Waals surface area contributed by atoms with Crippen LogP contribution < -0.4 is 0 Å². The molecule has 0 amide bonds. The van der Waals surface area contributed by atoms with Gasteiger partial charge in [0.1, 0.15) is 25.7 Å². The van der Waals surface area contributed by atoms with Gasteiger partial charge in [-0.1, -0.05) is 91.0 Å². The molecule has 0 aliphatic carbocycles. The van der Waals surface area contributed by atoms with Crippen LogP contribution in [0.4, 0.5) is 0 Å². The quantitative estimate of drug-likeness (QED) is 0.401. The van der Waals surface area contributed by atoms with E-state index in [-0.39, 0.29) is 18.4 Å². The van der Waals surface area contributed by atoms with Crippen LogP contribution in [0.15, 0.2) is 91.0 Å². The Balaban J connectivity index is 1.70. The van der Waals surface area contributed by atoms with Crippen molar-refractivity contribution < 1.29 is 19.1 Å². The van der Waals surface area contributed by atoms with Gasteiger partial charge >= 0.3 is 5.97 Å². The molecule has 1 saturated heterocycles. The number of hydrogen-bond donors (Lipinski definition) is 1. The van der Waals surface area contributed by atoms with E-state index in [4.69, 9.17) is 4.74 Å². The molecular formula is C28H32NO3+. The van der Waals surface area contributed by atoms with Gasteiger partial charge in [0.15, 0.2) is 5.60 Å². The van der Waals surface area contributed by atoms with Gasteiger partial charge in [-0.15, -0.1) is 0 Å². The van der Waals surface area contributed by atoms with E-state index in [2.05, 4.69) is 60.7 Å². The molecule has 1 aliphatic rings. The molecular weight excluding hydrogens is 398 g/mol. The van der Waals surface area contributed by atoms with Crippen molar-refractivity contribution in [3.63, 3.8) is 0 Å². The zero-order valence-corrected chi connectivity index (χ0v) is 18.7. The lowest BCUT2D eigenvalue weighted by Crippen LogP contribution is -2.80. The Morgan fingerprint density at radius 2 is 1.34 bits per heavy atom. The normalized spacial score (nSPS) is 21.5. The van der Waals surface area contributed by atoms with E-state index in [0.29, 0.717) is 24.1 Å². The van der Waals surface area contributed by atoms with Crippen LogP contribution >= 0.6 is 0 Å². The minimum Gasteiger partial charge on any atom is -0.466 e. The summed E-state index contributed by atoms with van der Waals surface area (Å²) in [5, 5.41) is 11.7. The zero-order chi connectivity index (χ0) is 22.4. The molecule has 0 unspecified atom stereocenters. The number of carbonyl (C=O) groups excluding carboxylic acids is 1. The number of hydrogen-bond acceptors (Lipinski definition) is 3. The van der Waals surface area contributed by atoms with Crippen molar-refractivity contribution in [1.82, 2.24) is 0 Å². The van der Waals surface area contributed by atoms with Crippen LogP contribution in [-0.4, -0.2) is 40.4 Å². The number of esters is 1. The van der Waals surface area contributed by atoms with Gasteiger partial charge in [-0.3, -0.25) is 4.79 Å². The minimum atomic E-state index is -1.09. The average Bonchev–Trinajstić information content (AvgIpc) is 2.79. The summed E-state index contributed by atoms with van der Waals surface area (Å²) in [5.41, 5.74) is 2.55. The highest BCUT2D eigenvalue weighted by Crippen LogP contribution is 2.45. The Bertz CT molecular complexity index is 965. The summed E-state index contributed by atoms with van der Waals surface area (Å²) >= 11 is 0. The average molecular weight is 431 g/mol. The molecule has 0 radical (unpaired) electrons. The highest BCUT2D eigenvalue weighted by molar-refractivity contribution is 5.71. The van der Waals surface area contributed by atoms with Crippen molar-refractivity contribution in [3.8, 4) is 0 Å². The molecule has 166 valence electrons. The molecule has 4 heteroatoms. The van der Waals surface area contributed by atoms with E-state index in [0.717, 1.165) is 13.1 Å². The topological polar surface area (TPSA) is 46.5 Å². The third-order valence-electron chi connectivity index (χ3n) is 6.58. The number of ether oxygens (including phenoxy) is 1. The highest BCUT2D eigenvalue weighted by Gasteiger charge is 2.64. The first-order valence-electron chi connectivity index (χ1n) is 11.4. The predicted molar refractivity (Wildman–Crippen MR) is 126 cm³/mol. The molecule has 1 fully saturated rings. The fraction of sp³-hybridized carbons (Fsp3) is 0.321. The van der Waals surface area contributed by atoms with Gasteiger partial charge in [0.25, 0.3) is 0 Å². The van der Waals surface area contributed by atoms with Crippen LogP contribution in [0.3, 0.4) is 0 Å². The van der Waals surface area contributed by atoms with Crippen molar-refractivity contribution >= 4 is 5.97 Å². The maximum Gasteiger partial charge on any atom is 0.309 e. The first-order chi connectivity index (χ1) is 15.5. The molecule has 3 aromatic carbocycles. The van der Waals surface area contributed by atoms with E-state index in [9.17, 15) is 9.90 Å². The summed E-state index contributed by atoms with van der Waals surface area (Å²) in [7, 11) is 0.